The number of anilines is 1. The van der Waals surface area contributed by atoms with Crippen molar-refractivity contribution >= 4 is 11.8 Å². The molecule has 2 aromatic rings. The van der Waals surface area contributed by atoms with E-state index in [0.29, 0.717) is 37.6 Å². The van der Waals surface area contributed by atoms with Gasteiger partial charge in [-0.25, -0.2) is 9.48 Å². The summed E-state index contributed by atoms with van der Waals surface area (Å²) in [5.74, 6) is 1.30. The van der Waals surface area contributed by atoms with Crippen molar-refractivity contribution in [3.63, 3.8) is 0 Å². The number of hydrogen-bond donors (Lipinski definition) is 2. The van der Waals surface area contributed by atoms with E-state index in [1.807, 2.05) is 43.3 Å². The highest BCUT2D eigenvalue weighted by atomic mass is 16.5. The molecule has 0 spiro atoms. The number of urea groups is 1. The van der Waals surface area contributed by atoms with Crippen molar-refractivity contribution in [1.29, 1.82) is 0 Å². The van der Waals surface area contributed by atoms with Gasteiger partial charge in [0.15, 0.2) is 0 Å². The van der Waals surface area contributed by atoms with E-state index >= 15 is 0 Å². The fourth-order valence-corrected chi connectivity index (χ4v) is 2.84. The summed E-state index contributed by atoms with van der Waals surface area (Å²) >= 11 is 0. The van der Waals surface area contributed by atoms with Crippen molar-refractivity contribution in [3.05, 3.63) is 65.7 Å². The first-order valence-corrected chi connectivity index (χ1v) is 8.81. The maximum atomic E-state index is 12.6. The summed E-state index contributed by atoms with van der Waals surface area (Å²) in [5, 5.41) is 10.4. The van der Waals surface area contributed by atoms with E-state index in [4.69, 9.17) is 9.47 Å². The number of aromatic nitrogens is 2. The minimum absolute atomic E-state index is 0.321. The van der Waals surface area contributed by atoms with E-state index in [9.17, 15) is 4.79 Å². The Kier molecular flexibility index (Phi) is 5.93. The zero-order valence-corrected chi connectivity index (χ0v) is 15.6. The molecule has 2 amide bonds. The first-order chi connectivity index (χ1) is 13.1. The molecule has 0 atom stereocenters. The number of methoxy groups -OCH3 is 1. The van der Waals surface area contributed by atoms with Gasteiger partial charge in [-0.15, -0.1) is 0 Å². The normalized spacial score (nSPS) is 13.2. The first-order valence-electron chi connectivity index (χ1n) is 8.81. The molecule has 0 saturated heterocycles. The van der Waals surface area contributed by atoms with Crippen molar-refractivity contribution in [2.45, 2.75) is 33.0 Å². The van der Waals surface area contributed by atoms with Gasteiger partial charge in [0.1, 0.15) is 5.82 Å². The van der Waals surface area contributed by atoms with Crippen LogP contribution in [0.25, 0.3) is 5.69 Å². The second-order valence-corrected chi connectivity index (χ2v) is 6.15. The summed E-state index contributed by atoms with van der Waals surface area (Å²) in [6.45, 7) is 6.56. The van der Waals surface area contributed by atoms with Crippen LogP contribution in [0.15, 0.2) is 54.4 Å². The number of nitrogens with zero attached hydrogens (tertiary/aromatic N) is 2. The molecule has 1 aliphatic heterocycles. The van der Waals surface area contributed by atoms with Gasteiger partial charge in [0.25, 0.3) is 0 Å². The van der Waals surface area contributed by atoms with Crippen LogP contribution in [0, 0.1) is 0 Å². The van der Waals surface area contributed by atoms with Crippen molar-refractivity contribution in [3.8, 4) is 5.69 Å². The molecule has 2 heterocycles. The minimum atomic E-state index is -0.321. The molecule has 7 heteroatoms. The minimum Gasteiger partial charge on any atom is -0.502 e. The Bertz CT molecular complexity index is 856. The van der Waals surface area contributed by atoms with E-state index in [1.165, 1.54) is 0 Å². The Labute approximate surface area is 158 Å². The number of hydrogen-bond acceptors (Lipinski definition) is 4. The predicted octanol–water partition coefficient (Wildman–Crippen LogP) is 3.87. The van der Waals surface area contributed by atoms with Gasteiger partial charge >= 0.3 is 6.03 Å². The molecule has 0 bridgehead atoms. The molecule has 7 nitrogen and oxygen atoms in total. The second kappa shape index (κ2) is 8.55. The lowest BCUT2D eigenvalue weighted by Gasteiger charge is -2.14. The summed E-state index contributed by atoms with van der Waals surface area (Å²) in [5.41, 5.74) is 3.43. The SMILES string of the molecule is C=C(CC/C(=C\C)NC(=O)Nc1c2c(nn1-c1ccccc1)COC2)OC. The molecule has 142 valence electrons. The Morgan fingerprint density at radius 3 is 2.81 bits per heavy atom. The predicted molar refractivity (Wildman–Crippen MR) is 103 cm³/mol. The fraction of sp³-hybridized carbons (Fsp3) is 0.300. The standard InChI is InChI=1S/C20H24N4O3/c1-4-15(11-10-14(2)26-3)21-20(25)22-19-17-12-27-13-18(17)23-24(19)16-8-6-5-7-9-16/h4-9H,2,10-13H2,1,3H3,(H2,21,22,25)/b15-4+. The monoisotopic (exact) mass is 368 g/mol. The highest BCUT2D eigenvalue weighted by Crippen LogP contribution is 2.29. The van der Waals surface area contributed by atoms with E-state index in [-0.39, 0.29) is 6.03 Å². The number of carbonyl (C=O) groups excluding carboxylic acids is 1. The third-order valence-corrected chi connectivity index (χ3v) is 4.37. The van der Waals surface area contributed by atoms with E-state index < -0.39 is 0 Å². The highest BCUT2D eigenvalue weighted by molar-refractivity contribution is 5.90. The molecule has 3 rings (SSSR count). The van der Waals surface area contributed by atoms with Crippen molar-refractivity contribution < 1.29 is 14.3 Å². The maximum Gasteiger partial charge on any atom is 0.324 e. The van der Waals surface area contributed by atoms with Gasteiger partial charge in [-0.1, -0.05) is 30.9 Å². The van der Waals surface area contributed by atoms with Crippen LogP contribution < -0.4 is 10.6 Å². The molecule has 0 fully saturated rings. The fourth-order valence-electron chi connectivity index (χ4n) is 2.84. The van der Waals surface area contributed by atoms with Crippen LogP contribution in [0.2, 0.25) is 0 Å². The smallest absolute Gasteiger partial charge is 0.324 e. The van der Waals surface area contributed by atoms with Crippen LogP contribution in [0.4, 0.5) is 10.6 Å². The molecule has 0 radical (unpaired) electrons. The highest BCUT2D eigenvalue weighted by Gasteiger charge is 2.25. The molecule has 0 unspecified atom stereocenters. The van der Waals surface area contributed by atoms with Gasteiger partial charge in [0, 0.05) is 17.7 Å². The molecule has 27 heavy (non-hydrogen) atoms. The lowest BCUT2D eigenvalue weighted by Crippen LogP contribution is -2.29. The molecule has 2 N–H and O–H groups in total. The van der Waals surface area contributed by atoms with Crippen LogP contribution in [-0.4, -0.2) is 22.9 Å². The van der Waals surface area contributed by atoms with Gasteiger partial charge in [0.2, 0.25) is 0 Å². The number of para-hydroxylation sites is 1. The van der Waals surface area contributed by atoms with Crippen LogP contribution in [0.5, 0.6) is 0 Å². The number of allylic oxidation sites excluding steroid dienone is 3. The number of carbonyl (C=O) groups is 1. The maximum absolute atomic E-state index is 12.6. The van der Waals surface area contributed by atoms with Gasteiger partial charge in [0.05, 0.1) is 37.5 Å². The zero-order chi connectivity index (χ0) is 19.2. The summed E-state index contributed by atoms with van der Waals surface area (Å²) in [6.07, 6.45) is 3.14. The average molecular weight is 368 g/mol. The molecule has 1 aromatic heterocycles. The Morgan fingerprint density at radius 2 is 2.11 bits per heavy atom. The summed E-state index contributed by atoms with van der Waals surface area (Å²) in [6, 6.07) is 9.37. The first kappa shape index (κ1) is 18.7. The third-order valence-electron chi connectivity index (χ3n) is 4.37. The lowest BCUT2D eigenvalue weighted by atomic mass is 10.2. The number of amides is 2. The Hall–Kier alpha value is -3.06. The molecule has 1 aromatic carbocycles. The topological polar surface area (TPSA) is 77.4 Å². The number of rotatable bonds is 7. The van der Waals surface area contributed by atoms with Gasteiger partial charge < -0.3 is 14.8 Å². The Morgan fingerprint density at radius 1 is 1.33 bits per heavy atom. The van der Waals surface area contributed by atoms with Crippen molar-refractivity contribution in [1.82, 2.24) is 15.1 Å². The number of nitrogens with one attached hydrogen (secondary N) is 2. The summed E-state index contributed by atoms with van der Waals surface area (Å²) in [4.78, 5) is 12.6. The molecular weight excluding hydrogens is 344 g/mol. The summed E-state index contributed by atoms with van der Waals surface area (Å²) in [7, 11) is 1.59. The molecule has 0 saturated carbocycles. The van der Waals surface area contributed by atoms with Crippen LogP contribution in [-0.2, 0) is 22.7 Å². The number of benzene rings is 1. The van der Waals surface area contributed by atoms with Gasteiger partial charge in [-0.3, -0.25) is 5.32 Å². The summed E-state index contributed by atoms with van der Waals surface area (Å²) < 4.78 is 12.3. The van der Waals surface area contributed by atoms with Crippen molar-refractivity contribution in [2.75, 3.05) is 12.4 Å². The van der Waals surface area contributed by atoms with Crippen molar-refractivity contribution in [2.24, 2.45) is 0 Å². The number of ether oxygens (including phenoxy) is 2. The van der Waals surface area contributed by atoms with E-state index in [0.717, 1.165) is 22.6 Å². The van der Waals surface area contributed by atoms with Gasteiger partial charge in [-0.2, -0.15) is 5.10 Å². The molecular formula is C20H24N4O3. The second-order valence-electron chi connectivity index (χ2n) is 6.15. The Balaban J connectivity index is 1.75. The van der Waals surface area contributed by atoms with Crippen LogP contribution in [0.1, 0.15) is 31.0 Å². The van der Waals surface area contributed by atoms with Gasteiger partial charge in [-0.05, 0) is 25.5 Å². The zero-order valence-electron chi connectivity index (χ0n) is 15.6. The largest absolute Gasteiger partial charge is 0.502 e. The van der Waals surface area contributed by atoms with Crippen LogP contribution in [0.3, 0.4) is 0 Å². The van der Waals surface area contributed by atoms with Crippen LogP contribution >= 0.6 is 0 Å². The third kappa shape index (κ3) is 4.38. The number of fused-ring (bicyclic) bond motifs is 1. The quantitative estimate of drug-likeness (QED) is 0.728. The lowest BCUT2D eigenvalue weighted by molar-refractivity contribution is 0.131. The molecule has 0 aliphatic carbocycles. The molecule has 1 aliphatic rings. The average Bonchev–Trinajstić information content (AvgIpc) is 3.28. The van der Waals surface area contributed by atoms with E-state index in [1.54, 1.807) is 11.8 Å². The van der Waals surface area contributed by atoms with E-state index in [2.05, 4.69) is 22.3 Å².